The van der Waals surface area contributed by atoms with Crippen molar-refractivity contribution in [3.8, 4) is 5.75 Å². The van der Waals surface area contributed by atoms with Crippen LogP contribution in [0.5, 0.6) is 5.75 Å². The van der Waals surface area contributed by atoms with Gasteiger partial charge in [-0.3, -0.25) is 9.89 Å². The lowest BCUT2D eigenvalue weighted by Crippen LogP contribution is -2.11. The minimum atomic E-state index is -0.854. The van der Waals surface area contributed by atoms with E-state index in [0.717, 1.165) is 26.9 Å². The Morgan fingerprint density at radius 3 is 2.91 bits per heavy atom. The Bertz CT molecular complexity index is 875. The van der Waals surface area contributed by atoms with Gasteiger partial charge in [0.15, 0.2) is 5.65 Å². The molecule has 0 amide bonds. The second kappa shape index (κ2) is 5.49. The number of aromatic amines is 1. The Labute approximate surface area is 130 Å². The molecule has 0 aliphatic rings. The number of aliphatic carboxylic acids is 1. The van der Waals surface area contributed by atoms with Crippen molar-refractivity contribution in [1.82, 2.24) is 15.2 Å². The van der Waals surface area contributed by atoms with Gasteiger partial charge in [0.2, 0.25) is 0 Å². The normalized spacial score (nSPS) is 12.7. The van der Waals surface area contributed by atoms with Gasteiger partial charge in [0, 0.05) is 10.3 Å². The molecule has 2 heterocycles. The van der Waals surface area contributed by atoms with Gasteiger partial charge in [-0.25, -0.2) is 4.98 Å². The second-order valence-electron chi connectivity index (χ2n) is 4.95. The molecule has 7 heteroatoms. The van der Waals surface area contributed by atoms with E-state index < -0.39 is 11.2 Å². The number of carboxylic acids is 1. The van der Waals surface area contributed by atoms with Gasteiger partial charge in [-0.15, -0.1) is 11.8 Å². The third-order valence-electron chi connectivity index (χ3n) is 3.48. The maximum atomic E-state index is 11.2. The van der Waals surface area contributed by atoms with E-state index in [-0.39, 0.29) is 0 Å². The summed E-state index contributed by atoms with van der Waals surface area (Å²) >= 11 is 1.29. The number of nitrogens with one attached hydrogen (secondary N) is 1. The highest BCUT2D eigenvalue weighted by atomic mass is 32.2. The predicted molar refractivity (Wildman–Crippen MR) is 85.6 cm³/mol. The Hall–Kier alpha value is -2.28. The van der Waals surface area contributed by atoms with Crippen LogP contribution in [0.25, 0.3) is 21.9 Å². The molecule has 0 radical (unpaired) electrons. The van der Waals surface area contributed by atoms with Crippen molar-refractivity contribution >= 4 is 39.7 Å². The molecule has 0 aliphatic carbocycles. The Morgan fingerprint density at radius 1 is 1.45 bits per heavy atom. The van der Waals surface area contributed by atoms with Crippen LogP contribution in [0.1, 0.15) is 12.6 Å². The highest BCUT2D eigenvalue weighted by Crippen LogP contribution is 2.38. The molecule has 0 fully saturated rings. The van der Waals surface area contributed by atoms with E-state index in [0.29, 0.717) is 11.4 Å². The van der Waals surface area contributed by atoms with Gasteiger partial charge < -0.3 is 9.84 Å². The minimum absolute atomic E-state index is 0.575. The van der Waals surface area contributed by atoms with Gasteiger partial charge in [0.1, 0.15) is 11.0 Å². The van der Waals surface area contributed by atoms with Crippen LogP contribution < -0.4 is 4.74 Å². The van der Waals surface area contributed by atoms with Crippen molar-refractivity contribution in [2.45, 2.75) is 24.0 Å². The lowest BCUT2D eigenvalue weighted by molar-refractivity contribution is -0.136. The predicted octanol–water partition coefficient (Wildman–Crippen LogP) is 2.99. The summed E-state index contributed by atoms with van der Waals surface area (Å²) in [5, 5.41) is 17.5. The number of H-pyrrole nitrogens is 1. The molecule has 6 nitrogen and oxygen atoms in total. The van der Waals surface area contributed by atoms with Gasteiger partial charge in [0.05, 0.1) is 23.7 Å². The van der Waals surface area contributed by atoms with Crippen LogP contribution in [0, 0.1) is 6.92 Å². The Morgan fingerprint density at radius 2 is 2.23 bits per heavy atom. The number of thioether (sulfide) groups is 1. The van der Waals surface area contributed by atoms with Crippen molar-refractivity contribution < 1.29 is 14.6 Å². The summed E-state index contributed by atoms with van der Waals surface area (Å²) in [6, 6.07) is 5.57. The number of carbonyl (C=O) groups is 1. The first-order chi connectivity index (χ1) is 10.5. The molecular weight excluding hydrogens is 302 g/mol. The molecule has 0 spiro atoms. The third-order valence-corrected chi connectivity index (χ3v) is 4.69. The number of nitrogens with zero attached hydrogens (tertiary/aromatic N) is 2. The number of aryl methyl sites for hydroxylation is 1. The van der Waals surface area contributed by atoms with Crippen LogP contribution >= 0.6 is 11.8 Å². The number of benzene rings is 1. The van der Waals surface area contributed by atoms with Crippen LogP contribution in [0.3, 0.4) is 0 Å². The molecular formula is C15H15N3O3S. The Balaban J connectivity index is 2.33. The van der Waals surface area contributed by atoms with Gasteiger partial charge in [0.25, 0.3) is 0 Å². The molecule has 0 saturated carbocycles. The number of fused-ring (bicyclic) bond motifs is 2. The van der Waals surface area contributed by atoms with Crippen molar-refractivity contribution in [3.63, 3.8) is 0 Å². The van der Waals surface area contributed by atoms with E-state index >= 15 is 0 Å². The number of aromatic nitrogens is 3. The van der Waals surface area contributed by atoms with Crippen LogP contribution in [-0.2, 0) is 4.79 Å². The zero-order valence-electron chi connectivity index (χ0n) is 12.4. The average Bonchev–Trinajstić information content (AvgIpc) is 2.87. The number of hydrogen-bond acceptors (Lipinski definition) is 5. The van der Waals surface area contributed by atoms with Crippen molar-refractivity contribution in [1.29, 1.82) is 0 Å². The Kier molecular flexibility index (Phi) is 3.66. The van der Waals surface area contributed by atoms with E-state index in [1.807, 2.05) is 25.1 Å². The summed E-state index contributed by atoms with van der Waals surface area (Å²) < 4.78 is 5.28. The molecule has 114 valence electrons. The molecule has 3 aromatic rings. The number of hydrogen-bond donors (Lipinski definition) is 2. The first kappa shape index (κ1) is 14.6. The standard InChI is InChI=1S/C15H15N3O3S/c1-7-12-13(22-8(2)15(19)20)10-6-9(21-3)4-5-11(10)16-14(12)18-17-7/h4-6,8H,1-3H3,(H,19,20)(H,16,17,18). The second-order valence-corrected chi connectivity index (χ2v) is 6.31. The van der Waals surface area contributed by atoms with Gasteiger partial charge in [-0.2, -0.15) is 5.10 Å². The highest BCUT2D eigenvalue weighted by molar-refractivity contribution is 8.01. The average molecular weight is 317 g/mol. The fourth-order valence-corrected chi connectivity index (χ4v) is 3.41. The number of methoxy groups -OCH3 is 1. The molecule has 22 heavy (non-hydrogen) atoms. The highest BCUT2D eigenvalue weighted by Gasteiger charge is 2.20. The summed E-state index contributed by atoms with van der Waals surface area (Å²) in [6.45, 7) is 3.54. The van der Waals surface area contributed by atoms with Crippen molar-refractivity contribution in [2.24, 2.45) is 0 Å². The largest absolute Gasteiger partial charge is 0.497 e. The van der Waals surface area contributed by atoms with Crippen LogP contribution in [-0.4, -0.2) is 38.6 Å². The number of pyridine rings is 1. The lowest BCUT2D eigenvalue weighted by Gasteiger charge is -2.12. The van der Waals surface area contributed by atoms with Gasteiger partial charge >= 0.3 is 5.97 Å². The molecule has 1 atom stereocenters. The zero-order chi connectivity index (χ0) is 15.9. The number of rotatable bonds is 4. The minimum Gasteiger partial charge on any atom is -0.497 e. The molecule has 0 saturated heterocycles. The maximum Gasteiger partial charge on any atom is 0.316 e. The fourth-order valence-electron chi connectivity index (χ4n) is 2.30. The van der Waals surface area contributed by atoms with Gasteiger partial charge in [-0.1, -0.05) is 0 Å². The first-order valence-corrected chi connectivity index (χ1v) is 7.61. The van der Waals surface area contributed by atoms with Crippen LogP contribution in [0.2, 0.25) is 0 Å². The maximum absolute atomic E-state index is 11.2. The molecule has 0 aliphatic heterocycles. The fraction of sp³-hybridized carbons (Fsp3) is 0.267. The monoisotopic (exact) mass is 317 g/mol. The summed E-state index contributed by atoms with van der Waals surface area (Å²) in [6.07, 6.45) is 0. The van der Waals surface area contributed by atoms with E-state index in [1.54, 1.807) is 14.0 Å². The molecule has 2 aromatic heterocycles. The van der Waals surface area contributed by atoms with E-state index in [4.69, 9.17) is 4.74 Å². The smallest absolute Gasteiger partial charge is 0.316 e. The zero-order valence-corrected chi connectivity index (χ0v) is 13.2. The van der Waals surface area contributed by atoms with Crippen molar-refractivity contribution in [2.75, 3.05) is 7.11 Å². The molecule has 1 aromatic carbocycles. The van der Waals surface area contributed by atoms with Gasteiger partial charge in [-0.05, 0) is 32.0 Å². The van der Waals surface area contributed by atoms with E-state index in [1.165, 1.54) is 11.8 Å². The van der Waals surface area contributed by atoms with Crippen LogP contribution in [0.4, 0.5) is 0 Å². The summed E-state index contributed by atoms with van der Waals surface area (Å²) in [7, 11) is 1.60. The molecule has 3 rings (SSSR count). The van der Waals surface area contributed by atoms with E-state index in [2.05, 4.69) is 15.2 Å². The summed E-state index contributed by atoms with van der Waals surface area (Å²) in [4.78, 5) is 16.7. The molecule has 2 N–H and O–H groups in total. The lowest BCUT2D eigenvalue weighted by atomic mass is 10.1. The third kappa shape index (κ3) is 2.37. The van der Waals surface area contributed by atoms with Crippen molar-refractivity contribution in [3.05, 3.63) is 23.9 Å². The molecule has 1 unspecified atom stereocenters. The summed E-state index contributed by atoms with van der Waals surface area (Å²) in [5.74, 6) is -0.146. The molecule has 0 bridgehead atoms. The SMILES string of the molecule is COc1ccc2nc3[nH]nc(C)c3c(SC(C)C(=O)O)c2c1. The topological polar surface area (TPSA) is 88.1 Å². The first-order valence-electron chi connectivity index (χ1n) is 6.73. The quantitative estimate of drug-likeness (QED) is 0.719. The van der Waals surface area contributed by atoms with E-state index in [9.17, 15) is 9.90 Å². The number of carboxylic acid groups (broad SMARTS) is 1. The van der Waals surface area contributed by atoms with Crippen LogP contribution in [0.15, 0.2) is 23.1 Å². The summed E-state index contributed by atoms with van der Waals surface area (Å²) in [5.41, 5.74) is 2.24. The number of ether oxygens (including phenoxy) is 1.